The standard InChI is InChI=1S/C21H17Cl2N3OS/c1-11-5-8-18(28-11)19-13(10-24)21(25)26(15-7-6-12(22)9-14(15)23)16-3-2-4-17(27)20(16)19/h5-9,19H,2-4,25H2,1H3. The van der Waals surface area contributed by atoms with Gasteiger partial charge in [0, 0.05) is 32.5 Å². The molecule has 2 aliphatic rings. The van der Waals surface area contributed by atoms with Crippen LogP contribution in [0.25, 0.3) is 0 Å². The lowest BCUT2D eigenvalue weighted by molar-refractivity contribution is -0.116. The highest BCUT2D eigenvalue weighted by Gasteiger charge is 2.41. The van der Waals surface area contributed by atoms with Crippen LogP contribution in [0.2, 0.25) is 10.0 Å². The molecule has 0 bridgehead atoms. The Labute approximate surface area is 177 Å². The average molecular weight is 430 g/mol. The van der Waals surface area contributed by atoms with Crippen LogP contribution in [0.4, 0.5) is 5.69 Å². The van der Waals surface area contributed by atoms with E-state index in [0.29, 0.717) is 45.5 Å². The highest BCUT2D eigenvalue weighted by molar-refractivity contribution is 7.12. The van der Waals surface area contributed by atoms with Crippen LogP contribution in [0.3, 0.4) is 0 Å². The Hall–Kier alpha value is -2.26. The molecular formula is C21H17Cl2N3OS. The molecule has 0 amide bonds. The third-order valence-electron chi connectivity index (χ3n) is 5.11. The predicted octanol–water partition coefficient (Wildman–Crippen LogP) is 5.67. The van der Waals surface area contributed by atoms with Crippen LogP contribution in [-0.2, 0) is 4.79 Å². The predicted molar refractivity (Wildman–Crippen MR) is 113 cm³/mol. The number of allylic oxidation sites excluding steroid dienone is 3. The van der Waals surface area contributed by atoms with Crippen molar-refractivity contribution >= 4 is 46.0 Å². The monoisotopic (exact) mass is 429 g/mol. The first-order valence-corrected chi connectivity index (χ1v) is 10.5. The van der Waals surface area contributed by atoms with Gasteiger partial charge in [0.25, 0.3) is 0 Å². The zero-order valence-corrected chi connectivity index (χ0v) is 17.5. The van der Waals surface area contributed by atoms with Crippen molar-refractivity contribution in [1.82, 2.24) is 0 Å². The van der Waals surface area contributed by atoms with E-state index in [9.17, 15) is 10.1 Å². The minimum absolute atomic E-state index is 0.0626. The molecule has 4 nitrogen and oxygen atoms in total. The SMILES string of the molecule is Cc1ccc(C2C(C#N)=C(N)N(c3ccc(Cl)cc3Cl)C3=C2C(=O)CCC3)s1. The first kappa shape index (κ1) is 19.1. The largest absolute Gasteiger partial charge is 0.384 e. The fourth-order valence-corrected chi connectivity index (χ4v) is 5.41. The van der Waals surface area contributed by atoms with Crippen LogP contribution in [0.5, 0.6) is 0 Å². The molecule has 0 saturated carbocycles. The number of nitriles is 1. The summed E-state index contributed by atoms with van der Waals surface area (Å²) in [5.41, 5.74) is 9.00. The van der Waals surface area contributed by atoms with Crippen molar-refractivity contribution in [2.75, 3.05) is 4.90 Å². The summed E-state index contributed by atoms with van der Waals surface area (Å²) in [6.07, 6.45) is 1.91. The molecule has 1 atom stereocenters. The zero-order chi connectivity index (χ0) is 20.0. The lowest BCUT2D eigenvalue weighted by Gasteiger charge is -2.39. The first-order chi connectivity index (χ1) is 13.4. The molecule has 1 aromatic carbocycles. The van der Waals surface area contributed by atoms with Crippen molar-refractivity contribution in [1.29, 1.82) is 5.26 Å². The highest BCUT2D eigenvalue weighted by Crippen LogP contribution is 2.48. The number of carbonyl (C=O) groups excluding carboxylic acids is 1. The molecule has 2 heterocycles. The van der Waals surface area contributed by atoms with Crippen molar-refractivity contribution in [2.24, 2.45) is 5.73 Å². The van der Waals surface area contributed by atoms with Crippen LogP contribution in [-0.4, -0.2) is 5.78 Å². The number of ketones is 1. The fourth-order valence-electron chi connectivity index (χ4n) is 3.92. The molecule has 0 saturated heterocycles. The Kier molecular flexibility index (Phi) is 4.96. The number of aryl methyl sites for hydroxylation is 1. The summed E-state index contributed by atoms with van der Waals surface area (Å²) in [5.74, 6) is -0.0438. The third-order valence-corrected chi connectivity index (χ3v) is 6.71. The number of hydrogen-bond acceptors (Lipinski definition) is 5. The lowest BCUT2D eigenvalue weighted by Crippen LogP contribution is -2.38. The summed E-state index contributed by atoms with van der Waals surface area (Å²) in [7, 11) is 0. The number of Topliss-reactive ketones (excluding diaryl/α,β-unsaturated/α-hetero) is 1. The van der Waals surface area contributed by atoms with Crippen molar-refractivity contribution in [2.45, 2.75) is 32.1 Å². The van der Waals surface area contributed by atoms with E-state index in [4.69, 9.17) is 28.9 Å². The molecule has 0 spiro atoms. The summed E-state index contributed by atoms with van der Waals surface area (Å²) in [6.45, 7) is 2.01. The van der Waals surface area contributed by atoms with Crippen LogP contribution < -0.4 is 10.6 Å². The van der Waals surface area contributed by atoms with Crippen molar-refractivity contribution in [3.63, 3.8) is 0 Å². The molecule has 0 fully saturated rings. The molecule has 0 radical (unpaired) electrons. The van der Waals surface area contributed by atoms with E-state index in [-0.39, 0.29) is 5.78 Å². The Morgan fingerprint density at radius 1 is 1.25 bits per heavy atom. The van der Waals surface area contributed by atoms with Gasteiger partial charge in [-0.2, -0.15) is 5.26 Å². The smallest absolute Gasteiger partial charge is 0.161 e. The van der Waals surface area contributed by atoms with Gasteiger partial charge in [0.15, 0.2) is 5.78 Å². The quantitative estimate of drug-likeness (QED) is 0.667. The number of nitrogens with zero attached hydrogens (tertiary/aromatic N) is 2. The number of benzene rings is 1. The highest BCUT2D eigenvalue weighted by atomic mass is 35.5. The molecular weight excluding hydrogens is 413 g/mol. The van der Waals surface area contributed by atoms with Crippen molar-refractivity contribution in [3.05, 3.63) is 72.8 Å². The Balaban J connectivity index is 1.98. The fraction of sp³-hybridized carbons (Fsp3) is 0.238. The van der Waals surface area contributed by atoms with E-state index in [1.165, 1.54) is 0 Å². The normalized spacial score (nSPS) is 19.7. The van der Waals surface area contributed by atoms with E-state index < -0.39 is 5.92 Å². The van der Waals surface area contributed by atoms with E-state index in [0.717, 1.165) is 21.9 Å². The topological polar surface area (TPSA) is 70.1 Å². The van der Waals surface area contributed by atoms with Crippen LogP contribution >= 0.6 is 34.5 Å². The number of carbonyl (C=O) groups is 1. The maximum absolute atomic E-state index is 13.0. The molecule has 1 aromatic heterocycles. The van der Waals surface area contributed by atoms with Crippen molar-refractivity contribution in [3.8, 4) is 6.07 Å². The second-order valence-electron chi connectivity index (χ2n) is 6.86. The minimum Gasteiger partial charge on any atom is -0.384 e. The molecule has 142 valence electrons. The van der Waals surface area contributed by atoms with Crippen LogP contribution in [0.1, 0.15) is 34.9 Å². The number of hydrogen-bond donors (Lipinski definition) is 1. The molecule has 2 aromatic rings. The summed E-state index contributed by atoms with van der Waals surface area (Å²) < 4.78 is 0. The first-order valence-electron chi connectivity index (χ1n) is 8.90. The maximum atomic E-state index is 13.0. The molecule has 1 aliphatic carbocycles. The zero-order valence-electron chi connectivity index (χ0n) is 15.1. The van der Waals surface area contributed by atoms with Gasteiger partial charge in [-0.25, -0.2) is 0 Å². The minimum atomic E-state index is -0.422. The van der Waals surface area contributed by atoms with Gasteiger partial charge in [0.1, 0.15) is 5.82 Å². The number of thiophene rings is 1. The summed E-state index contributed by atoms with van der Waals surface area (Å²) in [5, 5.41) is 10.9. The van der Waals surface area contributed by atoms with Gasteiger partial charge in [0.2, 0.25) is 0 Å². The van der Waals surface area contributed by atoms with E-state index >= 15 is 0 Å². The summed E-state index contributed by atoms with van der Waals surface area (Å²) in [4.78, 5) is 16.8. The Morgan fingerprint density at radius 2 is 2.04 bits per heavy atom. The van der Waals surface area contributed by atoms with E-state index in [1.54, 1.807) is 34.4 Å². The average Bonchev–Trinajstić information content (AvgIpc) is 3.08. The van der Waals surface area contributed by atoms with Gasteiger partial charge in [-0.3, -0.25) is 9.69 Å². The summed E-state index contributed by atoms with van der Waals surface area (Å²) in [6, 6.07) is 11.4. The van der Waals surface area contributed by atoms with Crippen LogP contribution in [0.15, 0.2) is 53.0 Å². The van der Waals surface area contributed by atoms with Crippen LogP contribution in [0, 0.1) is 18.3 Å². The number of rotatable bonds is 2. The summed E-state index contributed by atoms with van der Waals surface area (Å²) >= 11 is 14.1. The van der Waals surface area contributed by atoms with Gasteiger partial charge in [-0.1, -0.05) is 23.2 Å². The Bertz CT molecular complexity index is 1090. The Morgan fingerprint density at radius 3 is 2.68 bits per heavy atom. The van der Waals surface area contributed by atoms with Gasteiger partial charge >= 0.3 is 0 Å². The van der Waals surface area contributed by atoms with E-state index in [1.807, 2.05) is 19.1 Å². The maximum Gasteiger partial charge on any atom is 0.161 e. The van der Waals surface area contributed by atoms with Gasteiger partial charge in [-0.15, -0.1) is 11.3 Å². The van der Waals surface area contributed by atoms with Gasteiger partial charge in [0.05, 0.1) is 28.3 Å². The molecule has 28 heavy (non-hydrogen) atoms. The molecule has 1 unspecified atom stereocenters. The number of nitrogens with two attached hydrogens (primary N) is 1. The van der Waals surface area contributed by atoms with Crippen molar-refractivity contribution < 1.29 is 4.79 Å². The lowest BCUT2D eigenvalue weighted by atomic mass is 9.78. The second kappa shape index (κ2) is 7.29. The molecule has 1 aliphatic heterocycles. The number of halogens is 2. The van der Waals surface area contributed by atoms with Gasteiger partial charge < -0.3 is 5.73 Å². The number of anilines is 1. The molecule has 2 N–H and O–H groups in total. The van der Waals surface area contributed by atoms with E-state index in [2.05, 4.69) is 6.07 Å². The second-order valence-corrected chi connectivity index (χ2v) is 9.02. The molecule has 7 heteroatoms. The van der Waals surface area contributed by atoms with Gasteiger partial charge in [-0.05, 0) is 50.1 Å². The molecule has 4 rings (SSSR count). The third kappa shape index (κ3) is 3.02.